The summed E-state index contributed by atoms with van der Waals surface area (Å²) in [5.74, 6) is -0.367. The smallest absolute Gasteiger partial charge is 0.255 e. The minimum absolute atomic E-state index is 0.136. The van der Waals surface area contributed by atoms with Crippen LogP contribution in [0.1, 0.15) is 34.3 Å². The highest BCUT2D eigenvalue weighted by molar-refractivity contribution is 6.01. The summed E-state index contributed by atoms with van der Waals surface area (Å²) >= 11 is 0. The molecule has 1 aliphatic heterocycles. The van der Waals surface area contributed by atoms with Gasteiger partial charge in [0, 0.05) is 25.6 Å². The summed E-state index contributed by atoms with van der Waals surface area (Å²) in [6, 6.07) is 4.99. The number of aryl methyl sites for hydroxylation is 1. The van der Waals surface area contributed by atoms with Crippen LogP contribution in [0, 0.1) is 6.92 Å². The number of rotatable bonds is 5. The van der Waals surface area contributed by atoms with Gasteiger partial charge in [0.05, 0.1) is 0 Å². The quantitative estimate of drug-likeness (QED) is 0.816. The zero-order valence-electron chi connectivity index (χ0n) is 11.7. The maximum absolute atomic E-state index is 12.4. The normalized spacial score (nSPS) is 14.9. The molecule has 0 fully saturated rings. The molecule has 0 spiro atoms. The molecule has 0 aliphatic carbocycles. The number of benzene rings is 1. The van der Waals surface area contributed by atoms with Crippen LogP contribution in [-0.2, 0) is 16.1 Å². The van der Waals surface area contributed by atoms with Crippen LogP contribution in [0.4, 0.5) is 0 Å². The van der Waals surface area contributed by atoms with Gasteiger partial charge in [-0.1, -0.05) is 12.1 Å². The lowest BCUT2D eigenvalue weighted by Gasteiger charge is -2.25. The molecule has 1 aliphatic rings. The number of aldehydes is 1. The third-order valence-electron chi connectivity index (χ3n) is 3.71. The highest BCUT2D eigenvalue weighted by Gasteiger charge is 2.36. The SMILES string of the molecule is CNC(=O)C(CCC=O)N1Cc2c(C)cccc2C1=O. The van der Waals surface area contributed by atoms with Crippen LogP contribution in [0.5, 0.6) is 0 Å². The molecule has 0 bridgehead atoms. The molecule has 1 atom stereocenters. The van der Waals surface area contributed by atoms with E-state index in [2.05, 4.69) is 5.32 Å². The lowest BCUT2D eigenvalue weighted by Crippen LogP contribution is -2.46. The van der Waals surface area contributed by atoms with Gasteiger partial charge in [-0.3, -0.25) is 9.59 Å². The van der Waals surface area contributed by atoms with E-state index in [9.17, 15) is 14.4 Å². The molecule has 5 heteroatoms. The van der Waals surface area contributed by atoms with Gasteiger partial charge in [0.2, 0.25) is 5.91 Å². The molecule has 1 heterocycles. The van der Waals surface area contributed by atoms with Gasteiger partial charge < -0.3 is 15.0 Å². The van der Waals surface area contributed by atoms with Gasteiger partial charge in [-0.25, -0.2) is 0 Å². The summed E-state index contributed by atoms with van der Waals surface area (Å²) in [5, 5.41) is 2.56. The largest absolute Gasteiger partial charge is 0.357 e. The van der Waals surface area contributed by atoms with Gasteiger partial charge in [0.25, 0.3) is 5.91 Å². The second-order valence-corrected chi connectivity index (χ2v) is 4.91. The number of carbonyl (C=O) groups excluding carboxylic acids is 3. The van der Waals surface area contributed by atoms with E-state index in [-0.39, 0.29) is 18.2 Å². The van der Waals surface area contributed by atoms with Gasteiger partial charge in [0.15, 0.2) is 0 Å². The Balaban J connectivity index is 2.29. The summed E-state index contributed by atoms with van der Waals surface area (Å²) in [7, 11) is 1.54. The van der Waals surface area contributed by atoms with E-state index >= 15 is 0 Å². The number of hydrogen-bond acceptors (Lipinski definition) is 3. The van der Waals surface area contributed by atoms with Crippen LogP contribution in [0.3, 0.4) is 0 Å². The molecule has 0 aromatic heterocycles. The summed E-state index contributed by atoms with van der Waals surface area (Å²) in [5.41, 5.74) is 2.67. The van der Waals surface area contributed by atoms with E-state index < -0.39 is 6.04 Å². The number of carbonyl (C=O) groups is 3. The minimum Gasteiger partial charge on any atom is -0.357 e. The van der Waals surface area contributed by atoms with Gasteiger partial charge in [-0.05, 0) is 30.5 Å². The fourth-order valence-corrected chi connectivity index (χ4v) is 2.58. The van der Waals surface area contributed by atoms with E-state index in [1.54, 1.807) is 11.0 Å². The third kappa shape index (κ3) is 2.43. The Bertz CT molecular complexity index is 554. The molecule has 2 rings (SSSR count). The minimum atomic E-state index is -0.593. The zero-order chi connectivity index (χ0) is 14.7. The van der Waals surface area contributed by atoms with Crippen molar-refractivity contribution in [1.82, 2.24) is 10.2 Å². The van der Waals surface area contributed by atoms with Crippen LogP contribution in [0.2, 0.25) is 0 Å². The average molecular weight is 274 g/mol. The third-order valence-corrected chi connectivity index (χ3v) is 3.71. The van der Waals surface area contributed by atoms with Crippen molar-refractivity contribution in [3.05, 3.63) is 34.9 Å². The predicted molar refractivity (Wildman–Crippen MR) is 74.2 cm³/mol. The van der Waals surface area contributed by atoms with Crippen molar-refractivity contribution in [3.63, 3.8) is 0 Å². The number of amides is 2. The summed E-state index contributed by atoms with van der Waals surface area (Å²) in [6.07, 6.45) is 1.38. The van der Waals surface area contributed by atoms with Crippen molar-refractivity contribution in [2.24, 2.45) is 0 Å². The van der Waals surface area contributed by atoms with Crippen molar-refractivity contribution in [2.75, 3.05) is 7.05 Å². The fourth-order valence-electron chi connectivity index (χ4n) is 2.58. The zero-order valence-corrected chi connectivity index (χ0v) is 11.7. The van der Waals surface area contributed by atoms with Crippen molar-refractivity contribution >= 4 is 18.1 Å². The lowest BCUT2D eigenvalue weighted by molar-refractivity contribution is -0.125. The number of fused-ring (bicyclic) bond motifs is 1. The van der Waals surface area contributed by atoms with E-state index in [4.69, 9.17) is 0 Å². The Morgan fingerprint density at radius 1 is 1.50 bits per heavy atom. The Morgan fingerprint density at radius 2 is 2.25 bits per heavy atom. The topological polar surface area (TPSA) is 66.5 Å². The fraction of sp³-hybridized carbons (Fsp3) is 0.400. The summed E-state index contributed by atoms with van der Waals surface area (Å²) in [6.45, 7) is 2.38. The lowest BCUT2D eigenvalue weighted by atomic mass is 10.1. The Hall–Kier alpha value is -2.17. The highest BCUT2D eigenvalue weighted by Crippen LogP contribution is 2.28. The van der Waals surface area contributed by atoms with E-state index in [0.29, 0.717) is 18.5 Å². The molecule has 20 heavy (non-hydrogen) atoms. The van der Waals surface area contributed by atoms with Crippen LogP contribution in [-0.4, -0.2) is 36.1 Å². The van der Waals surface area contributed by atoms with Crippen molar-refractivity contribution in [3.8, 4) is 0 Å². The van der Waals surface area contributed by atoms with E-state index in [1.165, 1.54) is 7.05 Å². The molecule has 106 valence electrons. The van der Waals surface area contributed by atoms with Crippen LogP contribution in [0.15, 0.2) is 18.2 Å². The number of nitrogens with one attached hydrogen (secondary N) is 1. The van der Waals surface area contributed by atoms with Crippen molar-refractivity contribution < 1.29 is 14.4 Å². The number of nitrogens with zero attached hydrogens (tertiary/aromatic N) is 1. The maximum atomic E-state index is 12.4. The van der Waals surface area contributed by atoms with Crippen molar-refractivity contribution in [2.45, 2.75) is 32.4 Å². The first-order valence-electron chi connectivity index (χ1n) is 6.64. The molecule has 1 N–H and O–H groups in total. The molecule has 0 saturated carbocycles. The van der Waals surface area contributed by atoms with Gasteiger partial charge >= 0.3 is 0 Å². The molecule has 5 nitrogen and oxygen atoms in total. The number of hydrogen-bond donors (Lipinski definition) is 1. The Kier molecular flexibility index (Phi) is 4.17. The van der Waals surface area contributed by atoms with Crippen molar-refractivity contribution in [1.29, 1.82) is 0 Å². The molecular weight excluding hydrogens is 256 g/mol. The van der Waals surface area contributed by atoms with Gasteiger partial charge in [-0.15, -0.1) is 0 Å². The molecule has 0 radical (unpaired) electrons. The summed E-state index contributed by atoms with van der Waals surface area (Å²) in [4.78, 5) is 36.5. The highest BCUT2D eigenvalue weighted by atomic mass is 16.2. The van der Waals surface area contributed by atoms with Crippen LogP contribution in [0.25, 0.3) is 0 Å². The number of likely N-dealkylation sites (N-methyl/N-ethyl adjacent to an activating group) is 1. The molecule has 2 amide bonds. The first kappa shape index (κ1) is 14.2. The first-order valence-corrected chi connectivity index (χ1v) is 6.64. The Labute approximate surface area is 118 Å². The molecular formula is C15H18N2O3. The second-order valence-electron chi connectivity index (χ2n) is 4.91. The Morgan fingerprint density at radius 3 is 2.85 bits per heavy atom. The standard InChI is InChI=1S/C15H18N2O3/c1-10-5-3-6-11-12(10)9-17(15(11)20)13(7-4-8-18)14(19)16-2/h3,5-6,8,13H,4,7,9H2,1-2H3,(H,16,19). The van der Waals surface area contributed by atoms with E-state index in [0.717, 1.165) is 17.4 Å². The predicted octanol–water partition coefficient (Wildman–Crippen LogP) is 1.04. The molecule has 1 aromatic carbocycles. The average Bonchev–Trinajstić information content (AvgIpc) is 2.78. The van der Waals surface area contributed by atoms with Gasteiger partial charge in [-0.2, -0.15) is 0 Å². The van der Waals surface area contributed by atoms with E-state index in [1.807, 2.05) is 19.1 Å². The van der Waals surface area contributed by atoms with Gasteiger partial charge in [0.1, 0.15) is 12.3 Å². The van der Waals surface area contributed by atoms with Crippen LogP contribution < -0.4 is 5.32 Å². The molecule has 1 unspecified atom stereocenters. The molecule has 0 saturated heterocycles. The molecule has 1 aromatic rings. The van der Waals surface area contributed by atoms with Crippen LogP contribution >= 0.6 is 0 Å². The maximum Gasteiger partial charge on any atom is 0.255 e. The second kappa shape index (κ2) is 5.86. The summed E-state index contributed by atoms with van der Waals surface area (Å²) < 4.78 is 0. The first-order chi connectivity index (χ1) is 9.60. The monoisotopic (exact) mass is 274 g/mol.